The average molecular weight is 326 g/mol. The SMILES string of the molecule is COc1ncccc1NS(=O)(=O)c1ccc(F)c(C(=O)O)c1. The number of rotatable bonds is 5. The number of nitrogens with one attached hydrogen (secondary N) is 1. The number of hydrogen-bond donors (Lipinski definition) is 2. The lowest BCUT2D eigenvalue weighted by molar-refractivity contribution is 0.0691. The number of aromatic nitrogens is 1. The van der Waals surface area contributed by atoms with Crippen LogP contribution < -0.4 is 9.46 Å². The minimum absolute atomic E-state index is 0.0478. The topological polar surface area (TPSA) is 106 Å². The molecular formula is C13H11FN2O5S. The molecule has 0 bridgehead atoms. The fourth-order valence-corrected chi connectivity index (χ4v) is 2.75. The van der Waals surface area contributed by atoms with Crippen LogP contribution in [0, 0.1) is 5.82 Å². The van der Waals surface area contributed by atoms with E-state index >= 15 is 0 Å². The number of nitrogens with zero attached hydrogens (tertiary/aromatic N) is 1. The van der Waals surface area contributed by atoms with Gasteiger partial charge >= 0.3 is 5.97 Å². The molecule has 0 fully saturated rings. The second-order valence-corrected chi connectivity index (χ2v) is 5.79. The van der Waals surface area contributed by atoms with Gasteiger partial charge in [-0.3, -0.25) is 4.72 Å². The van der Waals surface area contributed by atoms with Crippen molar-refractivity contribution in [1.29, 1.82) is 0 Å². The Morgan fingerprint density at radius 2 is 2.09 bits per heavy atom. The zero-order valence-electron chi connectivity index (χ0n) is 11.3. The number of carboxylic acids is 1. The Bertz CT molecular complexity index is 823. The lowest BCUT2D eigenvalue weighted by atomic mass is 10.2. The third-order valence-corrected chi connectivity index (χ3v) is 4.05. The normalized spacial score (nSPS) is 11.0. The molecule has 0 spiro atoms. The van der Waals surface area contributed by atoms with Crippen molar-refractivity contribution in [2.24, 2.45) is 0 Å². The molecule has 1 heterocycles. The molecule has 7 nitrogen and oxygen atoms in total. The number of carbonyl (C=O) groups is 1. The Balaban J connectivity index is 2.43. The van der Waals surface area contributed by atoms with Gasteiger partial charge in [0.15, 0.2) is 0 Å². The Kier molecular flexibility index (Phi) is 4.27. The van der Waals surface area contributed by atoms with Crippen LogP contribution in [0.5, 0.6) is 5.88 Å². The van der Waals surface area contributed by atoms with Gasteiger partial charge in [-0.1, -0.05) is 0 Å². The Morgan fingerprint density at radius 3 is 2.73 bits per heavy atom. The fourth-order valence-electron chi connectivity index (χ4n) is 1.67. The fraction of sp³-hybridized carbons (Fsp3) is 0.0769. The zero-order valence-corrected chi connectivity index (χ0v) is 12.1. The molecule has 0 saturated heterocycles. The number of pyridine rings is 1. The maximum Gasteiger partial charge on any atom is 0.338 e. The van der Waals surface area contributed by atoms with Crippen LogP contribution in [0.15, 0.2) is 41.4 Å². The third-order valence-electron chi connectivity index (χ3n) is 2.69. The van der Waals surface area contributed by atoms with E-state index in [1.807, 2.05) is 0 Å². The molecule has 2 rings (SSSR count). The van der Waals surface area contributed by atoms with Crippen LogP contribution in [0.2, 0.25) is 0 Å². The monoisotopic (exact) mass is 326 g/mol. The van der Waals surface area contributed by atoms with Crippen molar-refractivity contribution < 1.29 is 27.4 Å². The number of benzene rings is 1. The number of hydrogen-bond acceptors (Lipinski definition) is 5. The van der Waals surface area contributed by atoms with Gasteiger partial charge in [-0.05, 0) is 30.3 Å². The van der Waals surface area contributed by atoms with Crippen molar-refractivity contribution in [2.45, 2.75) is 4.90 Å². The van der Waals surface area contributed by atoms with Crippen molar-refractivity contribution >= 4 is 21.7 Å². The van der Waals surface area contributed by atoms with Gasteiger partial charge in [0.2, 0.25) is 5.88 Å². The van der Waals surface area contributed by atoms with E-state index in [4.69, 9.17) is 9.84 Å². The summed E-state index contributed by atoms with van der Waals surface area (Å²) in [7, 11) is -2.80. The second kappa shape index (κ2) is 5.98. The van der Waals surface area contributed by atoms with Crippen molar-refractivity contribution in [3.63, 3.8) is 0 Å². The molecule has 1 aromatic heterocycles. The first-order valence-corrected chi connectivity index (χ1v) is 7.38. The van der Waals surface area contributed by atoms with E-state index in [-0.39, 0.29) is 11.6 Å². The number of halogens is 1. The van der Waals surface area contributed by atoms with Gasteiger partial charge in [-0.2, -0.15) is 0 Å². The number of carboxylic acid groups (broad SMARTS) is 1. The number of sulfonamides is 1. The summed E-state index contributed by atoms with van der Waals surface area (Å²) in [5.41, 5.74) is -0.660. The molecule has 0 radical (unpaired) electrons. The summed E-state index contributed by atoms with van der Waals surface area (Å²) in [6, 6.07) is 5.40. The van der Waals surface area contributed by atoms with E-state index in [1.165, 1.54) is 25.4 Å². The molecule has 0 unspecified atom stereocenters. The number of aromatic carboxylic acids is 1. The molecule has 1 aromatic carbocycles. The van der Waals surface area contributed by atoms with Gasteiger partial charge in [-0.25, -0.2) is 22.6 Å². The Morgan fingerprint density at radius 1 is 1.36 bits per heavy atom. The second-order valence-electron chi connectivity index (χ2n) is 4.11. The molecule has 0 aliphatic heterocycles. The van der Waals surface area contributed by atoms with E-state index in [2.05, 4.69) is 9.71 Å². The number of methoxy groups -OCH3 is 1. The molecule has 0 atom stereocenters. The smallest absolute Gasteiger partial charge is 0.338 e. The first kappa shape index (κ1) is 15.7. The molecule has 0 saturated carbocycles. The van der Waals surface area contributed by atoms with Gasteiger partial charge in [0.1, 0.15) is 11.5 Å². The lowest BCUT2D eigenvalue weighted by Crippen LogP contribution is -2.15. The van der Waals surface area contributed by atoms with Crippen molar-refractivity contribution in [3.05, 3.63) is 47.9 Å². The van der Waals surface area contributed by atoms with Gasteiger partial charge in [0, 0.05) is 6.20 Å². The minimum atomic E-state index is -4.12. The van der Waals surface area contributed by atoms with E-state index in [0.29, 0.717) is 0 Å². The predicted molar refractivity (Wildman–Crippen MR) is 75.0 cm³/mol. The molecule has 22 heavy (non-hydrogen) atoms. The summed E-state index contributed by atoms with van der Waals surface area (Å²) in [6.45, 7) is 0. The van der Waals surface area contributed by atoms with Gasteiger partial charge < -0.3 is 9.84 Å². The van der Waals surface area contributed by atoms with Crippen molar-refractivity contribution in [3.8, 4) is 5.88 Å². The lowest BCUT2D eigenvalue weighted by Gasteiger charge is -2.11. The molecule has 2 N–H and O–H groups in total. The highest BCUT2D eigenvalue weighted by Gasteiger charge is 2.20. The summed E-state index contributed by atoms with van der Waals surface area (Å²) in [5, 5.41) is 8.84. The highest BCUT2D eigenvalue weighted by Crippen LogP contribution is 2.24. The molecule has 0 amide bonds. The summed E-state index contributed by atoms with van der Waals surface area (Å²) < 4.78 is 44.9. The first-order valence-electron chi connectivity index (χ1n) is 5.90. The van der Waals surface area contributed by atoms with Crippen molar-refractivity contribution in [1.82, 2.24) is 4.98 Å². The van der Waals surface area contributed by atoms with Crippen LogP contribution in [0.4, 0.5) is 10.1 Å². The molecule has 2 aromatic rings. The maximum atomic E-state index is 13.3. The largest absolute Gasteiger partial charge is 0.480 e. The standard InChI is InChI=1S/C13H11FN2O5S/c1-21-12-11(3-2-6-15-12)16-22(19,20)8-4-5-10(14)9(7-8)13(17)18/h2-7,16H,1H3,(H,17,18). The van der Waals surface area contributed by atoms with E-state index in [9.17, 15) is 17.6 Å². The molecular weight excluding hydrogens is 315 g/mol. The maximum absolute atomic E-state index is 13.3. The quantitative estimate of drug-likeness (QED) is 0.867. The van der Waals surface area contributed by atoms with Crippen LogP contribution in [0.1, 0.15) is 10.4 Å². The molecule has 0 aliphatic rings. The average Bonchev–Trinajstić information content (AvgIpc) is 2.47. The Hall–Kier alpha value is -2.68. The molecule has 0 aliphatic carbocycles. The summed E-state index contributed by atoms with van der Waals surface area (Å²) in [6.07, 6.45) is 1.41. The van der Waals surface area contributed by atoms with Crippen LogP contribution in [0.25, 0.3) is 0 Å². The van der Waals surface area contributed by atoms with Crippen LogP contribution in [-0.2, 0) is 10.0 Å². The molecule has 9 heteroatoms. The first-order chi connectivity index (χ1) is 10.3. The van der Waals surface area contributed by atoms with Gasteiger partial charge in [-0.15, -0.1) is 0 Å². The summed E-state index contributed by atoms with van der Waals surface area (Å²) in [5.74, 6) is -2.54. The third kappa shape index (κ3) is 3.14. The van der Waals surface area contributed by atoms with E-state index in [0.717, 1.165) is 18.2 Å². The van der Waals surface area contributed by atoms with Crippen LogP contribution in [-0.4, -0.2) is 31.6 Å². The highest BCUT2D eigenvalue weighted by molar-refractivity contribution is 7.92. The van der Waals surface area contributed by atoms with E-state index < -0.39 is 32.3 Å². The van der Waals surface area contributed by atoms with Gasteiger partial charge in [0.05, 0.1) is 17.6 Å². The zero-order chi connectivity index (χ0) is 16.3. The van der Waals surface area contributed by atoms with Gasteiger partial charge in [0.25, 0.3) is 10.0 Å². The van der Waals surface area contributed by atoms with Crippen LogP contribution >= 0.6 is 0 Å². The number of anilines is 1. The Labute approximate surface area is 125 Å². The highest BCUT2D eigenvalue weighted by atomic mass is 32.2. The van der Waals surface area contributed by atoms with Crippen molar-refractivity contribution in [2.75, 3.05) is 11.8 Å². The minimum Gasteiger partial charge on any atom is -0.480 e. The molecule has 116 valence electrons. The summed E-state index contributed by atoms with van der Waals surface area (Å²) in [4.78, 5) is 14.3. The predicted octanol–water partition coefficient (Wildman–Crippen LogP) is 1.73. The number of ether oxygens (including phenoxy) is 1. The van der Waals surface area contributed by atoms with E-state index in [1.54, 1.807) is 0 Å². The van der Waals surface area contributed by atoms with Crippen LogP contribution in [0.3, 0.4) is 0 Å². The summed E-state index contributed by atoms with van der Waals surface area (Å²) >= 11 is 0.